The maximum atomic E-state index is 11.8. The molecule has 0 heterocycles. The summed E-state index contributed by atoms with van der Waals surface area (Å²) in [4.78, 5) is 22.5. The van der Waals surface area contributed by atoms with E-state index in [1.54, 1.807) is 0 Å². The number of rotatable bonds is 5. The van der Waals surface area contributed by atoms with Crippen LogP contribution in [0, 0.1) is 16.7 Å². The second kappa shape index (κ2) is 7.23. The first-order valence-electron chi connectivity index (χ1n) is 7.88. The van der Waals surface area contributed by atoms with E-state index in [4.69, 9.17) is 0 Å². The monoisotopic (exact) mass is 364 g/mol. The Kier molecular flexibility index (Phi) is 6.49. The molecule has 0 aliphatic heterocycles. The smallest absolute Gasteiger partial charge is 0.181 e. The Morgan fingerprint density at radius 3 is 2.17 bits per heavy atom. The summed E-state index contributed by atoms with van der Waals surface area (Å²) in [6, 6.07) is 0. The predicted octanol–water partition coefficient (Wildman–Crippen LogP) is 1.77. The van der Waals surface area contributed by atoms with Crippen molar-refractivity contribution in [2.45, 2.75) is 46.5 Å². The third-order valence-corrected chi connectivity index (χ3v) is 7.15. The first-order valence-corrected chi connectivity index (χ1v) is 11.7. The Labute approximate surface area is 142 Å². The lowest BCUT2D eigenvalue weighted by atomic mass is 9.70. The van der Waals surface area contributed by atoms with Crippen LogP contribution in [0.2, 0.25) is 0 Å². The van der Waals surface area contributed by atoms with Crippen molar-refractivity contribution in [1.29, 1.82) is 0 Å². The maximum absolute atomic E-state index is 11.8. The molecule has 0 saturated heterocycles. The fourth-order valence-corrected chi connectivity index (χ4v) is 5.96. The molecule has 2 fully saturated rings. The molecule has 2 aliphatic carbocycles. The fraction of sp³-hybridized carbons (Fsp3) is 0.875. The van der Waals surface area contributed by atoms with Gasteiger partial charge in [-0.15, -0.1) is 0 Å². The van der Waals surface area contributed by atoms with Crippen LogP contribution in [0.4, 0.5) is 0 Å². The average molecular weight is 365 g/mol. The molecule has 0 aromatic carbocycles. The summed E-state index contributed by atoms with van der Waals surface area (Å²) in [5, 5.41) is 0. The number of carbonyl (C=O) groups excluding carboxylic acids is 2. The van der Waals surface area contributed by atoms with Gasteiger partial charge in [-0.05, 0) is 35.1 Å². The van der Waals surface area contributed by atoms with Crippen molar-refractivity contribution >= 4 is 32.6 Å². The minimum atomic E-state index is -4.33. The Bertz CT molecular complexity index is 565. The molecule has 2 unspecified atom stereocenters. The van der Waals surface area contributed by atoms with E-state index in [0.29, 0.717) is 35.9 Å². The Balaban J connectivity index is 0.000000284. The molecule has 0 N–H and O–H groups in total. The van der Waals surface area contributed by atoms with Gasteiger partial charge in [0.2, 0.25) is 0 Å². The molecule has 2 aliphatic rings. The average Bonchev–Trinajstić information content (AvgIpc) is 2.70. The van der Waals surface area contributed by atoms with Crippen LogP contribution in [-0.4, -0.2) is 48.6 Å². The van der Waals surface area contributed by atoms with Crippen molar-refractivity contribution in [2.24, 2.45) is 16.7 Å². The first kappa shape index (κ1) is 20.6. The summed E-state index contributed by atoms with van der Waals surface area (Å²) in [6.07, 6.45) is 6.76. The topological polar surface area (TPSA) is 91.3 Å². The number of ketones is 2. The van der Waals surface area contributed by atoms with Crippen LogP contribution in [-0.2, 0) is 30.6 Å². The number of fused-ring (bicyclic) bond motifs is 2. The lowest BCUT2D eigenvalue weighted by Crippen LogP contribution is -2.42. The van der Waals surface area contributed by atoms with Crippen LogP contribution in [0.5, 0.6) is 0 Å². The molecule has 7 heteroatoms. The largest absolute Gasteiger partial charge is 0.748 e. The van der Waals surface area contributed by atoms with Crippen LogP contribution in [0.15, 0.2) is 0 Å². The van der Waals surface area contributed by atoms with E-state index in [9.17, 15) is 22.6 Å². The van der Waals surface area contributed by atoms with Gasteiger partial charge in [0.25, 0.3) is 0 Å². The highest BCUT2D eigenvalue weighted by Gasteiger charge is 2.64. The van der Waals surface area contributed by atoms with E-state index in [1.165, 1.54) is 0 Å². The van der Waals surface area contributed by atoms with Gasteiger partial charge >= 0.3 is 0 Å². The predicted molar refractivity (Wildman–Crippen MR) is 92.5 cm³/mol. The third kappa shape index (κ3) is 4.57. The van der Waals surface area contributed by atoms with Crippen LogP contribution in [0.25, 0.3) is 0 Å². The van der Waals surface area contributed by atoms with E-state index >= 15 is 0 Å². The minimum Gasteiger partial charge on any atom is -0.748 e. The molecule has 5 nitrogen and oxygen atoms in total. The van der Waals surface area contributed by atoms with Crippen LogP contribution in [0.3, 0.4) is 0 Å². The minimum absolute atomic E-state index is 0.0248. The SMILES string of the molecule is CC1(C)C2CCC1(CS(=O)(=O)[O-])C(=O)C2.CCC(=O)C[S+](C)C. The molecule has 23 heavy (non-hydrogen) atoms. The quantitative estimate of drug-likeness (QED) is 0.548. The summed E-state index contributed by atoms with van der Waals surface area (Å²) in [5.41, 5.74) is -1.22. The van der Waals surface area contributed by atoms with E-state index in [1.807, 2.05) is 20.8 Å². The van der Waals surface area contributed by atoms with Gasteiger partial charge in [-0.25, -0.2) is 8.42 Å². The van der Waals surface area contributed by atoms with E-state index in [0.717, 1.165) is 12.2 Å². The lowest BCUT2D eigenvalue weighted by molar-refractivity contribution is -0.128. The molecule has 0 radical (unpaired) electrons. The molecule has 0 amide bonds. The van der Waals surface area contributed by atoms with Gasteiger partial charge < -0.3 is 4.55 Å². The van der Waals surface area contributed by atoms with Gasteiger partial charge in [-0.1, -0.05) is 20.8 Å². The summed E-state index contributed by atoms with van der Waals surface area (Å²) in [6.45, 7) is 5.75. The van der Waals surface area contributed by atoms with Crippen molar-refractivity contribution < 1.29 is 22.6 Å². The maximum Gasteiger partial charge on any atom is 0.181 e. The Morgan fingerprint density at radius 2 is 1.91 bits per heavy atom. The van der Waals surface area contributed by atoms with Gasteiger partial charge in [-0.3, -0.25) is 9.59 Å². The van der Waals surface area contributed by atoms with Crippen molar-refractivity contribution in [2.75, 3.05) is 24.0 Å². The lowest BCUT2D eigenvalue weighted by Gasteiger charge is -2.37. The third-order valence-electron chi connectivity index (χ3n) is 5.41. The normalized spacial score (nSPS) is 28.7. The van der Waals surface area contributed by atoms with Crippen molar-refractivity contribution in [3.8, 4) is 0 Å². The van der Waals surface area contributed by atoms with E-state index in [-0.39, 0.29) is 17.1 Å². The van der Waals surface area contributed by atoms with Gasteiger partial charge in [0.05, 0.1) is 28.4 Å². The van der Waals surface area contributed by atoms with Crippen LogP contribution < -0.4 is 0 Å². The molecule has 0 aromatic rings. The zero-order chi connectivity index (χ0) is 18.1. The highest BCUT2D eigenvalue weighted by atomic mass is 32.2. The number of hydrogen-bond donors (Lipinski definition) is 0. The summed E-state index contributed by atoms with van der Waals surface area (Å²) < 4.78 is 32.7. The Hall–Kier alpha value is -0.400. The number of carbonyl (C=O) groups is 2. The van der Waals surface area contributed by atoms with Crippen molar-refractivity contribution in [3.63, 3.8) is 0 Å². The van der Waals surface area contributed by atoms with Crippen molar-refractivity contribution in [3.05, 3.63) is 0 Å². The summed E-state index contributed by atoms with van der Waals surface area (Å²) in [7, 11) is -4.02. The molecule has 2 bridgehead atoms. The summed E-state index contributed by atoms with van der Waals surface area (Å²) in [5.74, 6) is 0.881. The highest BCUT2D eigenvalue weighted by molar-refractivity contribution is 7.96. The zero-order valence-corrected chi connectivity index (χ0v) is 16.3. The van der Waals surface area contributed by atoms with Gasteiger partial charge in [-0.2, -0.15) is 0 Å². The second-order valence-electron chi connectivity index (χ2n) is 7.39. The first-order chi connectivity index (χ1) is 10.4. The molecule has 0 spiro atoms. The molecule has 0 aromatic heterocycles. The standard InChI is InChI=1S/C10H16O4S.C6H13OS/c1-9(2)7-3-4-10(9,8(11)5-7)6-15(12,13)14;1-4-6(7)5-8(2)3/h7H,3-6H2,1-2H3,(H,12,13,14);4-5H2,1-3H3/q;+1/p-1. The van der Waals surface area contributed by atoms with Crippen molar-refractivity contribution in [1.82, 2.24) is 0 Å². The summed E-state index contributed by atoms with van der Waals surface area (Å²) >= 11 is 0. The van der Waals surface area contributed by atoms with Gasteiger partial charge in [0.1, 0.15) is 5.78 Å². The van der Waals surface area contributed by atoms with Gasteiger partial charge in [0, 0.05) is 18.3 Å². The molecule has 2 rings (SSSR count). The van der Waals surface area contributed by atoms with E-state index in [2.05, 4.69) is 12.5 Å². The van der Waals surface area contributed by atoms with E-state index < -0.39 is 21.3 Å². The van der Waals surface area contributed by atoms with Crippen LogP contribution >= 0.6 is 0 Å². The molecule has 2 saturated carbocycles. The Morgan fingerprint density at radius 1 is 1.35 bits per heavy atom. The molecular formula is C16H28O5S2. The fourth-order valence-electron chi connectivity index (χ4n) is 3.83. The molecule has 2 atom stereocenters. The number of hydrogen-bond acceptors (Lipinski definition) is 5. The van der Waals surface area contributed by atoms with Crippen LogP contribution in [0.1, 0.15) is 46.5 Å². The molecule has 134 valence electrons. The zero-order valence-electron chi connectivity index (χ0n) is 14.7. The molecular weight excluding hydrogens is 336 g/mol. The highest BCUT2D eigenvalue weighted by Crippen LogP contribution is 2.64. The second-order valence-corrected chi connectivity index (χ2v) is 11.1. The van der Waals surface area contributed by atoms with Gasteiger partial charge in [0.15, 0.2) is 11.5 Å². The number of Topliss-reactive ketones (excluding diaryl/α,β-unsaturated/α-hetero) is 2.